The lowest BCUT2D eigenvalue weighted by Gasteiger charge is -2.08. The third kappa shape index (κ3) is 1.52. The smallest absolute Gasteiger partial charge is 0.161 e. The maximum Gasteiger partial charge on any atom is 0.161 e. The van der Waals surface area contributed by atoms with E-state index >= 15 is 0 Å². The second-order valence-corrected chi connectivity index (χ2v) is 4.08. The number of ether oxygens (including phenoxy) is 1. The Bertz CT molecular complexity index is 705. The molecule has 2 aromatic heterocycles. The fraction of sp³-hybridized carbons (Fsp3) is 0.231. The lowest BCUT2D eigenvalue weighted by molar-refractivity contribution is 0.418. The predicted molar refractivity (Wildman–Crippen MR) is 69.8 cm³/mol. The molecule has 5 nitrogen and oxygen atoms in total. The van der Waals surface area contributed by atoms with E-state index in [-0.39, 0.29) is 0 Å². The zero-order valence-electron chi connectivity index (χ0n) is 10.1. The van der Waals surface area contributed by atoms with Gasteiger partial charge in [-0.2, -0.15) is 0 Å². The van der Waals surface area contributed by atoms with E-state index in [1.165, 1.54) is 0 Å². The lowest BCUT2D eigenvalue weighted by atomic mass is 10.2. The van der Waals surface area contributed by atoms with Crippen LogP contribution in [0.2, 0.25) is 0 Å². The van der Waals surface area contributed by atoms with Crippen LogP contribution in [0.5, 0.6) is 5.75 Å². The second kappa shape index (κ2) is 4.27. The summed E-state index contributed by atoms with van der Waals surface area (Å²) in [6.07, 6.45) is 0.693. The average Bonchev–Trinajstić information content (AvgIpc) is 2.82. The molecule has 5 heteroatoms. The maximum absolute atomic E-state index is 5.61. The third-order valence-electron chi connectivity index (χ3n) is 3.01. The van der Waals surface area contributed by atoms with Gasteiger partial charge < -0.3 is 10.5 Å². The molecule has 0 bridgehead atoms. The van der Waals surface area contributed by atoms with Crippen LogP contribution >= 0.6 is 0 Å². The van der Waals surface area contributed by atoms with Gasteiger partial charge in [-0.3, -0.25) is 4.40 Å². The van der Waals surface area contributed by atoms with Gasteiger partial charge in [0.2, 0.25) is 0 Å². The van der Waals surface area contributed by atoms with Crippen molar-refractivity contribution in [1.82, 2.24) is 14.6 Å². The Labute approximate surface area is 104 Å². The van der Waals surface area contributed by atoms with Crippen molar-refractivity contribution in [3.05, 3.63) is 36.2 Å². The van der Waals surface area contributed by atoms with E-state index in [1.807, 2.05) is 34.7 Å². The molecular weight excluding hydrogens is 228 g/mol. The first-order chi connectivity index (χ1) is 8.85. The van der Waals surface area contributed by atoms with Gasteiger partial charge in [0, 0.05) is 11.8 Å². The van der Waals surface area contributed by atoms with Crippen molar-refractivity contribution in [2.24, 2.45) is 5.73 Å². The first-order valence-electron chi connectivity index (χ1n) is 5.85. The van der Waals surface area contributed by atoms with Gasteiger partial charge in [0.05, 0.1) is 12.6 Å². The molecule has 0 spiro atoms. The largest absolute Gasteiger partial charge is 0.495 e. The van der Waals surface area contributed by atoms with Gasteiger partial charge in [0.15, 0.2) is 5.65 Å². The number of nitrogens with two attached hydrogens (primary N) is 1. The molecule has 0 aliphatic heterocycles. The highest BCUT2D eigenvalue weighted by molar-refractivity contribution is 5.87. The van der Waals surface area contributed by atoms with Crippen molar-refractivity contribution < 1.29 is 4.74 Å². The molecule has 92 valence electrons. The SMILES string of the molecule is COc1cccc2ccc3nnc(CCN)n3c12. The van der Waals surface area contributed by atoms with Gasteiger partial charge in [0.25, 0.3) is 0 Å². The van der Waals surface area contributed by atoms with Gasteiger partial charge in [-0.1, -0.05) is 12.1 Å². The Balaban J connectivity index is 2.45. The minimum absolute atomic E-state index is 0.548. The Morgan fingerprint density at radius 1 is 1.22 bits per heavy atom. The summed E-state index contributed by atoms with van der Waals surface area (Å²) in [6, 6.07) is 9.93. The molecule has 18 heavy (non-hydrogen) atoms. The maximum atomic E-state index is 5.61. The molecule has 0 fully saturated rings. The number of methoxy groups -OCH3 is 1. The van der Waals surface area contributed by atoms with E-state index in [4.69, 9.17) is 10.5 Å². The number of fused-ring (bicyclic) bond motifs is 3. The molecule has 0 saturated carbocycles. The van der Waals surface area contributed by atoms with E-state index in [0.29, 0.717) is 13.0 Å². The Hall–Kier alpha value is -2.14. The first kappa shape index (κ1) is 11.0. The highest BCUT2D eigenvalue weighted by Gasteiger charge is 2.11. The normalized spacial score (nSPS) is 11.2. The monoisotopic (exact) mass is 242 g/mol. The molecule has 3 aromatic rings. The molecule has 0 aliphatic rings. The minimum atomic E-state index is 0.548. The molecule has 2 N–H and O–H groups in total. The summed E-state index contributed by atoms with van der Waals surface area (Å²) in [5.41, 5.74) is 7.42. The van der Waals surface area contributed by atoms with Gasteiger partial charge in [-0.05, 0) is 24.7 Å². The quantitative estimate of drug-likeness (QED) is 0.753. The zero-order chi connectivity index (χ0) is 12.5. The summed E-state index contributed by atoms with van der Waals surface area (Å²) in [7, 11) is 1.67. The Kier molecular flexibility index (Phi) is 2.60. The number of hydrogen-bond donors (Lipinski definition) is 1. The van der Waals surface area contributed by atoms with Crippen molar-refractivity contribution in [2.75, 3.05) is 13.7 Å². The predicted octanol–water partition coefficient (Wildman–Crippen LogP) is 1.39. The van der Waals surface area contributed by atoms with Gasteiger partial charge >= 0.3 is 0 Å². The summed E-state index contributed by atoms with van der Waals surface area (Å²) in [6.45, 7) is 0.548. The second-order valence-electron chi connectivity index (χ2n) is 4.08. The molecule has 0 aliphatic carbocycles. The summed E-state index contributed by atoms with van der Waals surface area (Å²) in [5.74, 6) is 1.68. The van der Waals surface area contributed by atoms with E-state index in [2.05, 4.69) is 10.2 Å². The third-order valence-corrected chi connectivity index (χ3v) is 3.01. The fourth-order valence-corrected chi connectivity index (χ4v) is 2.22. The van der Waals surface area contributed by atoms with Crippen molar-refractivity contribution in [3.63, 3.8) is 0 Å². The van der Waals surface area contributed by atoms with Crippen LogP contribution in [0, 0.1) is 0 Å². The fourth-order valence-electron chi connectivity index (χ4n) is 2.22. The first-order valence-corrected chi connectivity index (χ1v) is 5.85. The summed E-state index contributed by atoms with van der Waals surface area (Å²) < 4.78 is 7.45. The number of hydrogen-bond acceptors (Lipinski definition) is 4. The van der Waals surface area contributed by atoms with E-state index < -0.39 is 0 Å². The minimum Gasteiger partial charge on any atom is -0.495 e. The highest BCUT2D eigenvalue weighted by atomic mass is 16.5. The van der Waals surface area contributed by atoms with Crippen LogP contribution in [-0.2, 0) is 6.42 Å². The van der Waals surface area contributed by atoms with Crippen molar-refractivity contribution in [1.29, 1.82) is 0 Å². The standard InChI is InChI=1S/C13H14N4O/c1-18-10-4-2-3-9-5-6-11-15-16-12(7-8-14)17(11)13(9)10/h2-6H,7-8,14H2,1H3. The number of rotatable bonds is 3. The van der Waals surface area contributed by atoms with Crippen LogP contribution in [-0.4, -0.2) is 28.3 Å². The molecule has 3 rings (SSSR count). The van der Waals surface area contributed by atoms with Crippen LogP contribution in [0.15, 0.2) is 30.3 Å². The average molecular weight is 242 g/mol. The lowest BCUT2D eigenvalue weighted by Crippen LogP contribution is -2.07. The molecule has 0 unspecified atom stereocenters. The zero-order valence-corrected chi connectivity index (χ0v) is 10.1. The van der Waals surface area contributed by atoms with Crippen LogP contribution in [0.1, 0.15) is 5.82 Å². The van der Waals surface area contributed by atoms with Crippen molar-refractivity contribution in [2.45, 2.75) is 6.42 Å². The van der Waals surface area contributed by atoms with Crippen LogP contribution in [0.25, 0.3) is 16.6 Å². The topological polar surface area (TPSA) is 65.4 Å². The highest BCUT2D eigenvalue weighted by Crippen LogP contribution is 2.26. The molecule has 1 aromatic carbocycles. The number of benzene rings is 1. The summed E-state index contributed by atoms with van der Waals surface area (Å²) in [5, 5.41) is 9.45. The van der Waals surface area contributed by atoms with Crippen LogP contribution < -0.4 is 10.5 Å². The molecule has 0 radical (unpaired) electrons. The van der Waals surface area contributed by atoms with E-state index in [9.17, 15) is 0 Å². The molecule has 0 saturated heterocycles. The molecule has 2 heterocycles. The summed E-state index contributed by atoms with van der Waals surface area (Å²) in [4.78, 5) is 0. The molecular formula is C13H14N4O. The Morgan fingerprint density at radius 2 is 2.11 bits per heavy atom. The van der Waals surface area contributed by atoms with Gasteiger partial charge in [-0.25, -0.2) is 0 Å². The Morgan fingerprint density at radius 3 is 2.89 bits per heavy atom. The molecule has 0 atom stereocenters. The molecule has 0 amide bonds. The van der Waals surface area contributed by atoms with Crippen molar-refractivity contribution >= 4 is 16.6 Å². The van der Waals surface area contributed by atoms with E-state index in [1.54, 1.807) is 7.11 Å². The van der Waals surface area contributed by atoms with Crippen molar-refractivity contribution in [3.8, 4) is 5.75 Å². The van der Waals surface area contributed by atoms with Crippen LogP contribution in [0.3, 0.4) is 0 Å². The van der Waals surface area contributed by atoms with Gasteiger partial charge in [0.1, 0.15) is 11.6 Å². The van der Waals surface area contributed by atoms with E-state index in [0.717, 1.165) is 28.1 Å². The number of pyridine rings is 1. The number of para-hydroxylation sites is 1. The number of aromatic nitrogens is 3. The summed E-state index contributed by atoms with van der Waals surface area (Å²) >= 11 is 0. The number of nitrogens with zero attached hydrogens (tertiary/aromatic N) is 3. The van der Waals surface area contributed by atoms with Crippen LogP contribution in [0.4, 0.5) is 0 Å². The van der Waals surface area contributed by atoms with Gasteiger partial charge in [-0.15, -0.1) is 10.2 Å².